The van der Waals surface area contributed by atoms with Gasteiger partial charge in [0.15, 0.2) is 0 Å². The van der Waals surface area contributed by atoms with Crippen molar-refractivity contribution in [3.63, 3.8) is 0 Å². The average molecular weight is 324 g/mol. The molecule has 0 spiro atoms. The minimum absolute atomic E-state index is 0.159. The molecule has 126 valence electrons. The molecule has 24 heavy (non-hydrogen) atoms. The Kier molecular flexibility index (Phi) is 4.32. The van der Waals surface area contributed by atoms with E-state index in [1.807, 2.05) is 22.9 Å². The van der Waals surface area contributed by atoms with Gasteiger partial charge in [0.05, 0.1) is 0 Å². The summed E-state index contributed by atoms with van der Waals surface area (Å²) in [5.74, 6) is 1.60. The van der Waals surface area contributed by atoms with Gasteiger partial charge < -0.3 is 4.90 Å². The summed E-state index contributed by atoms with van der Waals surface area (Å²) in [6, 6.07) is 4.14. The van der Waals surface area contributed by atoms with E-state index in [0.717, 1.165) is 30.8 Å². The number of nitrogens with zero attached hydrogens (tertiary/aromatic N) is 4. The van der Waals surface area contributed by atoms with E-state index in [9.17, 15) is 4.79 Å². The minimum Gasteiger partial charge on any atom is -0.335 e. The van der Waals surface area contributed by atoms with Crippen molar-refractivity contribution >= 4 is 5.91 Å². The molecule has 0 bridgehead atoms. The second kappa shape index (κ2) is 6.75. The van der Waals surface area contributed by atoms with Gasteiger partial charge in [-0.15, -0.1) is 0 Å². The molecule has 1 unspecified atom stereocenters. The number of likely N-dealkylation sites (tertiary alicyclic amines) is 1. The van der Waals surface area contributed by atoms with Gasteiger partial charge in [-0.05, 0) is 43.7 Å². The number of hydrogen-bond donors (Lipinski definition) is 0. The number of hydrogen-bond acceptors (Lipinski definition) is 3. The van der Waals surface area contributed by atoms with Gasteiger partial charge in [0.1, 0.15) is 12.1 Å². The van der Waals surface area contributed by atoms with Crippen LogP contribution in [0.3, 0.4) is 0 Å². The summed E-state index contributed by atoms with van der Waals surface area (Å²) in [4.78, 5) is 23.6. The fraction of sp³-hybridized carbons (Fsp3) is 0.526. The molecule has 1 amide bonds. The first-order valence-corrected chi connectivity index (χ1v) is 9.08. The van der Waals surface area contributed by atoms with Gasteiger partial charge in [-0.25, -0.2) is 9.97 Å². The lowest BCUT2D eigenvalue weighted by atomic mass is 9.83. The minimum atomic E-state index is 0.159. The van der Waals surface area contributed by atoms with Gasteiger partial charge >= 0.3 is 0 Å². The topological polar surface area (TPSA) is 51.0 Å². The van der Waals surface area contributed by atoms with Crippen LogP contribution in [0.25, 0.3) is 5.82 Å². The van der Waals surface area contributed by atoms with Crippen LogP contribution in [0.2, 0.25) is 0 Å². The smallest absolute Gasteiger partial charge is 0.254 e. The highest BCUT2D eigenvalue weighted by atomic mass is 16.2. The Bertz CT molecular complexity index is 691. The second-order valence-corrected chi connectivity index (χ2v) is 6.98. The summed E-state index contributed by atoms with van der Waals surface area (Å²) < 4.78 is 1.83. The molecule has 1 saturated heterocycles. The SMILES string of the molecule is O=C(c1ccnc(-n2ccnc2)c1)N1CCCC1C1CCCCC1. The zero-order chi connectivity index (χ0) is 16.4. The summed E-state index contributed by atoms with van der Waals surface area (Å²) in [5, 5.41) is 0. The lowest BCUT2D eigenvalue weighted by Gasteiger charge is -2.34. The summed E-state index contributed by atoms with van der Waals surface area (Å²) in [5.41, 5.74) is 0.733. The van der Waals surface area contributed by atoms with Gasteiger partial charge in [0.25, 0.3) is 5.91 Å². The summed E-state index contributed by atoms with van der Waals surface area (Å²) in [7, 11) is 0. The van der Waals surface area contributed by atoms with Crippen molar-refractivity contribution in [1.29, 1.82) is 0 Å². The zero-order valence-electron chi connectivity index (χ0n) is 14.0. The number of imidazole rings is 1. The van der Waals surface area contributed by atoms with Crippen LogP contribution in [0.15, 0.2) is 37.1 Å². The maximum Gasteiger partial charge on any atom is 0.254 e. The van der Waals surface area contributed by atoms with E-state index in [1.54, 1.807) is 18.7 Å². The molecule has 2 fully saturated rings. The number of carbonyl (C=O) groups is 1. The van der Waals surface area contributed by atoms with Crippen molar-refractivity contribution in [3.05, 3.63) is 42.6 Å². The zero-order valence-corrected chi connectivity index (χ0v) is 14.0. The van der Waals surface area contributed by atoms with Crippen LogP contribution in [-0.4, -0.2) is 37.9 Å². The average Bonchev–Trinajstić information content (AvgIpc) is 3.34. The van der Waals surface area contributed by atoms with Crippen LogP contribution in [0.5, 0.6) is 0 Å². The maximum atomic E-state index is 13.1. The highest BCUT2D eigenvalue weighted by Crippen LogP contribution is 2.35. The fourth-order valence-electron chi connectivity index (χ4n) is 4.31. The Morgan fingerprint density at radius 3 is 2.75 bits per heavy atom. The van der Waals surface area contributed by atoms with Gasteiger partial charge in [0.2, 0.25) is 0 Å². The Labute approximate surface area is 142 Å². The van der Waals surface area contributed by atoms with Crippen molar-refractivity contribution < 1.29 is 4.79 Å². The number of amides is 1. The molecule has 5 nitrogen and oxygen atoms in total. The molecule has 2 aromatic heterocycles. The third-order valence-corrected chi connectivity index (χ3v) is 5.52. The molecule has 1 atom stereocenters. The largest absolute Gasteiger partial charge is 0.335 e. The highest BCUT2D eigenvalue weighted by Gasteiger charge is 2.35. The predicted molar refractivity (Wildman–Crippen MR) is 92.0 cm³/mol. The summed E-state index contributed by atoms with van der Waals surface area (Å²) >= 11 is 0. The Balaban J connectivity index is 1.55. The second-order valence-electron chi connectivity index (χ2n) is 6.98. The number of pyridine rings is 1. The Morgan fingerprint density at radius 1 is 1.08 bits per heavy atom. The van der Waals surface area contributed by atoms with Gasteiger partial charge in [0, 0.05) is 36.7 Å². The van der Waals surface area contributed by atoms with Crippen LogP contribution >= 0.6 is 0 Å². The molecule has 4 rings (SSSR count). The molecule has 2 aromatic rings. The Hall–Kier alpha value is -2.17. The van der Waals surface area contributed by atoms with E-state index < -0.39 is 0 Å². The third-order valence-electron chi connectivity index (χ3n) is 5.52. The number of aromatic nitrogens is 3. The number of carbonyl (C=O) groups excluding carboxylic acids is 1. The van der Waals surface area contributed by atoms with Crippen LogP contribution in [0, 0.1) is 5.92 Å². The lowest BCUT2D eigenvalue weighted by Crippen LogP contribution is -2.40. The van der Waals surface area contributed by atoms with Crippen molar-refractivity contribution in [3.8, 4) is 5.82 Å². The standard InChI is InChI=1S/C19H24N4O/c24-19(16-8-9-21-18(13-16)22-12-10-20-14-22)23-11-4-7-17(23)15-5-2-1-3-6-15/h8-10,12-15,17H,1-7,11H2. The molecule has 5 heteroatoms. The molecule has 1 aliphatic carbocycles. The summed E-state index contributed by atoms with van der Waals surface area (Å²) in [6.45, 7) is 0.892. The van der Waals surface area contributed by atoms with Crippen molar-refractivity contribution in [2.24, 2.45) is 5.92 Å². The highest BCUT2D eigenvalue weighted by molar-refractivity contribution is 5.95. The predicted octanol–water partition coefficient (Wildman–Crippen LogP) is 3.45. The molecule has 0 aromatic carbocycles. The summed E-state index contributed by atoms with van der Waals surface area (Å²) in [6.07, 6.45) is 15.8. The van der Waals surface area contributed by atoms with Gasteiger partial charge in [-0.2, -0.15) is 0 Å². The molecule has 0 radical (unpaired) electrons. The van der Waals surface area contributed by atoms with E-state index in [4.69, 9.17) is 0 Å². The quantitative estimate of drug-likeness (QED) is 0.869. The van der Waals surface area contributed by atoms with Crippen molar-refractivity contribution in [1.82, 2.24) is 19.4 Å². The molecule has 1 aliphatic heterocycles. The Morgan fingerprint density at radius 2 is 1.96 bits per heavy atom. The molecular weight excluding hydrogens is 300 g/mol. The third kappa shape index (κ3) is 2.95. The lowest BCUT2D eigenvalue weighted by molar-refractivity contribution is 0.0661. The molecule has 1 saturated carbocycles. The van der Waals surface area contributed by atoms with E-state index in [-0.39, 0.29) is 5.91 Å². The van der Waals surface area contributed by atoms with Gasteiger partial charge in [-0.1, -0.05) is 19.3 Å². The number of rotatable bonds is 3. The molecular formula is C19H24N4O. The van der Waals surface area contributed by atoms with Crippen LogP contribution in [-0.2, 0) is 0 Å². The first kappa shape index (κ1) is 15.4. The van der Waals surface area contributed by atoms with Crippen molar-refractivity contribution in [2.45, 2.75) is 51.0 Å². The van der Waals surface area contributed by atoms with Crippen LogP contribution in [0.4, 0.5) is 0 Å². The maximum absolute atomic E-state index is 13.1. The van der Waals surface area contributed by atoms with E-state index in [2.05, 4.69) is 14.9 Å². The molecule has 2 aliphatic rings. The van der Waals surface area contributed by atoms with Crippen molar-refractivity contribution in [2.75, 3.05) is 6.54 Å². The van der Waals surface area contributed by atoms with Gasteiger partial charge in [-0.3, -0.25) is 9.36 Å². The molecule has 0 N–H and O–H groups in total. The van der Waals surface area contributed by atoms with E-state index in [1.165, 1.54) is 32.1 Å². The van der Waals surface area contributed by atoms with Crippen LogP contribution in [0.1, 0.15) is 55.3 Å². The first-order valence-electron chi connectivity index (χ1n) is 9.08. The van der Waals surface area contributed by atoms with E-state index in [0.29, 0.717) is 12.0 Å². The normalized spacial score (nSPS) is 22.0. The molecule has 3 heterocycles. The van der Waals surface area contributed by atoms with Crippen LogP contribution < -0.4 is 0 Å². The van der Waals surface area contributed by atoms with E-state index >= 15 is 0 Å². The fourth-order valence-corrected chi connectivity index (χ4v) is 4.31. The first-order chi connectivity index (χ1) is 11.8. The monoisotopic (exact) mass is 324 g/mol.